The van der Waals surface area contributed by atoms with E-state index in [9.17, 15) is 4.39 Å². The van der Waals surface area contributed by atoms with Crippen LogP contribution in [-0.4, -0.2) is 9.97 Å². The Morgan fingerprint density at radius 1 is 1.47 bits per heavy atom. The summed E-state index contributed by atoms with van der Waals surface area (Å²) in [6.45, 7) is 3.60. The number of rotatable bonds is 1. The van der Waals surface area contributed by atoms with Crippen molar-refractivity contribution in [2.45, 2.75) is 19.3 Å². The van der Waals surface area contributed by atoms with E-state index in [0.717, 1.165) is 5.69 Å². The Labute approximate surface area is 86.6 Å². The third-order valence-electron chi connectivity index (χ3n) is 2.39. The summed E-state index contributed by atoms with van der Waals surface area (Å²) in [5, 5.41) is 8.96. The number of nitriles is 1. The summed E-state index contributed by atoms with van der Waals surface area (Å²) in [5.41, 5.74) is 1.43. The van der Waals surface area contributed by atoms with Gasteiger partial charge in [0.2, 0.25) is 0 Å². The van der Waals surface area contributed by atoms with E-state index in [-0.39, 0.29) is 5.82 Å². The first-order valence-electron chi connectivity index (χ1n) is 4.59. The highest BCUT2D eigenvalue weighted by molar-refractivity contribution is 5.76. The minimum absolute atomic E-state index is 0.384. The lowest BCUT2D eigenvalue weighted by Gasteiger charge is -2.11. The number of nitrogens with zero attached hydrogens (tertiary/aromatic N) is 2. The molecule has 2 aromatic rings. The van der Waals surface area contributed by atoms with Gasteiger partial charge in [-0.3, -0.25) is 4.98 Å². The molecule has 0 aromatic carbocycles. The molecule has 0 aliphatic carbocycles. The predicted octanol–water partition coefficient (Wildman–Crippen LogP) is 2.50. The Kier molecular flexibility index (Phi) is 1.97. The average Bonchev–Trinajstić information content (AvgIpc) is 2.61. The Morgan fingerprint density at radius 2 is 2.20 bits per heavy atom. The number of hydrogen-bond acceptors (Lipinski definition) is 2. The summed E-state index contributed by atoms with van der Waals surface area (Å²) in [4.78, 5) is 6.94. The third-order valence-corrected chi connectivity index (χ3v) is 2.39. The van der Waals surface area contributed by atoms with E-state index < -0.39 is 5.41 Å². The lowest BCUT2D eigenvalue weighted by molar-refractivity contribution is 0.624. The summed E-state index contributed by atoms with van der Waals surface area (Å²) in [7, 11) is 0. The standard InChI is InChI=1S/C11H10FN3/c1-11(2,6-13)10-4-8-9(15-10)3-7(12)5-14-8/h3-5,15H,1-2H3. The molecule has 0 aliphatic heterocycles. The molecule has 3 nitrogen and oxygen atoms in total. The highest BCUT2D eigenvalue weighted by Gasteiger charge is 2.22. The molecule has 0 saturated heterocycles. The van der Waals surface area contributed by atoms with E-state index in [1.54, 1.807) is 19.9 Å². The Morgan fingerprint density at radius 3 is 2.87 bits per heavy atom. The molecule has 0 amide bonds. The van der Waals surface area contributed by atoms with E-state index in [4.69, 9.17) is 5.26 Å². The van der Waals surface area contributed by atoms with Gasteiger partial charge in [-0.2, -0.15) is 5.26 Å². The van der Waals surface area contributed by atoms with Crippen molar-refractivity contribution in [3.05, 3.63) is 29.8 Å². The summed E-state index contributed by atoms with van der Waals surface area (Å²) < 4.78 is 12.9. The van der Waals surface area contributed by atoms with Gasteiger partial charge in [-0.05, 0) is 19.9 Å². The van der Waals surface area contributed by atoms with Crippen LogP contribution in [0.4, 0.5) is 4.39 Å². The van der Waals surface area contributed by atoms with Gasteiger partial charge in [0.05, 0.1) is 28.7 Å². The van der Waals surface area contributed by atoms with Gasteiger partial charge in [0.15, 0.2) is 0 Å². The lowest BCUT2D eigenvalue weighted by atomic mass is 9.92. The molecule has 1 N–H and O–H groups in total. The van der Waals surface area contributed by atoms with E-state index in [1.165, 1.54) is 12.3 Å². The van der Waals surface area contributed by atoms with Crippen LogP contribution in [-0.2, 0) is 5.41 Å². The van der Waals surface area contributed by atoms with E-state index in [0.29, 0.717) is 11.0 Å². The Hall–Kier alpha value is -1.89. The molecule has 0 radical (unpaired) electrons. The van der Waals surface area contributed by atoms with E-state index in [1.807, 2.05) is 0 Å². The summed E-state index contributed by atoms with van der Waals surface area (Å²) in [6.07, 6.45) is 1.17. The molecule has 15 heavy (non-hydrogen) atoms. The van der Waals surface area contributed by atoms with Crippen LogP contribution in [0, 0.1) is 17.1 Å². The maximum atomic E-state index is 12.9. The largest absolute Gasteiger partial charge is 0.356 e. The molecule has 0 unspecified atom stereocenters. The smallest absolute Gasteiger partial charge is 0.143 e. The third kappa shape index (κ3) is 1.57. The van der Waals surface area contributed by atoms with Gasteiger partial charge in [-0.1, -0.05) is 0 Å². The summed E-state index contributed by atoms with van der Waals surface area (Å²) in [6, 6.07) is 5.33. The second-order valence-electron chi connectivity index (χ2n) is 4.01. The zero-order valence-corrected chi connectivity index (χ0v) is 8.50. The van der Waals surface area contributed by atoms with Gasteiger partial charge in [0, 0.05) is 11.8 Å². The van der Waals surface area contributed by atoms with Crippen LogP contribution in [0.2, 0.25) is 0 Å². The monoisotopic (exact) mass is 203 g/mol. The minimum Gasteiger partial charge on any atom is -0.356 e. The maximum absolute atomic E-state index is 12.9. The number of nitrogens with one attached hydrogen (secondary N) is 1. The van der Waals surface area contributed by atoms with Crippen LogP contribution in [0.5, 0.6) is 0 Å². The van der Waals surface area contributed by atoms with Gasteiger partial charge in [0.25, 0.3) is 0 Å². The predicted molar refractivity (Wildman–Crippen MR) is 54.7 cm³/mol. The zero-order valence-electron chi connectivity index (χ0n) is 8.50. The number of pyridine rings is 1. The molecule has 2 aromatic heterocycles. The van der Waals surface area contributed by atoms with Crippen LogP contribution in [0.25, 0.3) is 11.0 Å². The van der Waals surface area contributed by atoms with Crippen molar-refractivity contribution in [2.75, 3.05) is 0 Å². The molecule has 76 valence electrons. The number of hydrogen-bond donors (Lipinski definition) is 1. The number of H-pyrrole nitrogens is 1. The van der Waals surface area contributed by atoms with Crippen molar-refractivity contribution in [3.8, 4) is 6.07 Å². The molecule has 0 bridgehead atoms. The lowest BCUT2D eigenvalue weighted by Crippen LogP contribution is -2.13. The second kappa shape index (κ2) is 3.06. The minimum atomic E-state index is -0.614. The van der Waals surface area contributed by atoms with Crippen molar-refractivity contribution in [1.82, 2.24) is 9.97 Å². The van der Waals surface area contributed by atoms with Crippen molar-refractivity contribution in [2.24, 2.45) is 0 Å². The van der Waals surface area contributed by atoms with Crippen molar-refractivity contribution in [3.63, 3.8) is 0 Å². The van der Waals surface area contributed by atoms with Gasteiger partial charge in [-0.25, -0.2) is 4.39 Å². The molecular formula is C11H10FN3. The Bertz CT molecular complexity index is 548. The summed E-state index contributed by atoms with van der Waals surface area (Å²) in [5.74, 6) is -0.384. The molecule has 0 saturated carbocycles. The van der Waals surface area contributed by atoms with E-state index >= 15 is 0 Å². The molecule has 0 spiro atoms. The van der Waals surface area contributed by atoms with Gasteiger partial charge >= 0.3 is 0 Å². The van der Waals surface area contributed by atoms with Crippen LogP contribution < -0.4 is 0 Å². The molecular weight excluding hydrogens is 193 g/mol. The molecule has 2 heterocycles. The van der Waals surface area contributed by atoms with Crippen molar-refractivity contribution < 1.29 is 4.39 Å². The molecule has 0 atom stereocenters. The van der Waals surface area contributed by atoms with Gasteiger partial charge in [-0.15, -0.1) is 0 Å². The van der Waals surface area contributed by atoms with Crippen molar-refractivity contribution >= 4 is 11.0 Å². The molecule has 0 fully saturated rings. The number of fused-ring (bicyclic) bond motifs is 1. The van der Waals surface area contributed by atoms with Gasteiger partial charge in [0.1, 0.15) is 5.82 Å². The fraction of sp³-hybridized carbons (Fsp3) is 0.273. The number of aromatic nitrogens is 2. The Balaban J connectivity index is 2.63. The zero-order chi connectivity index (χ0) is 11.1. The molecule has 4 heteroatoms. The average molecular weight is 203 g/mol. The highest BCUT2D eigenvalue weighted by atomic mass is 19.1. The second-order valence-corrected chi connectivity index (χ2v) is 4.01. The number of aromatic amines is 1. The first kappa shape index (κ1) is 9.66. The van der Waals surface area contributed by atoms with E-state index in [2.05, 4.69) is 16.0 Å². The van der Waals surface area contributed by atoms with Crippen LogP contribution in [0.15, 0.2) is 18.3 Å². The molecule has 2 rings (SSSR count). The van der Waals surface area contributed by atoms with Crippen LogP contribution in [0.3, 0.4) is 0 Å². The topological polar surface area (TPSA) is 52.5 Å². The first-order chi connectivity index (χ1) is 7.03. The van der Waals surface area contributed by atoms with Crippen LogP contribution in [0.1, 0.15) is 19.5 Å². The normalized spacial score (nSPS) is 11.6. The van der Waals surface area contributed by atoms with Crippen LogP contribution >= 0.6 is 0 Å². The summed E-state index contributed by atoms with van der Waals surface area (Å²) >= 11 is 0. The van der Waals surface area contributed by atoms with Gasteiger partial charge < -0.3 is 4.98 Å². The first-order valence-corrected chi connectivity index (χ1v) is 4.59. The highest BCUT2D eigenvalue weighted by Crippen LogP contribution is 2.24. The number of halogens is 1. The molecule has 0 aliphatic rings. The fourth-order valence-electron chi connectivity index (χ4n) is 1.38. The SMILES string of the molecule is CC(C)(C#N)c1cc2ncc(F)cc2[nH]1. The fourth-order valence-corrected chi connectivity index (χ4v) is 1.38. The van der Waals surface area contributed by atoms with Crippen molar-refractivity contribution in [1.29, 1.82) is 5.26 Å². The quantitative estimate of drug-likeness (QED) is 0.774. The maximum Gasteiger partial charge on any atom is 0.143 e.